The van der Waals surface area contributed by atoms with Gasteiger partial charge in [-0.25, -0.2) is 0 Å². The quantitative estimate of drug-likeness (QED) is 0.768. The number of carbonyl (C=O) groups excluding carboxylic acids is 2. The van der Waals surface area contributed by atoms with Gasteiger partial charge in [0, 0.05) is 50.4 Å². The minimum Gasteiger partial charge on any atom is -0.395 e. The average Bonchev–Trinajstić information content (AvgIpc) is 2.82. The topological polar surface area (TPSA) is 76.1 Å². The molecule has 4 rings (SSSR count). The maximum absolute atomic E-state index is 13.2. The number of ketones is 1. The molecule has 0 spiro atoms. The number of benzene rings is 1. The summed E-state index contributed by atoms with van der Waals surface area (Å²) < 4.78 is 0. The third-order valence-corrected chi connectivity index (χ3v) is 6.75. The minimum absolute atomic E-state index is 0.0726. The van der Waals surface area contributed by atoms with Crippen molar-refractivity contribution in [2.24, 2.45) is 5.41 Å². The molecule has 0 radical (unpaired) electrons. The van der Waals surface area contributed by atoms with E-state index in [-0.39, 0.29) is 36.3 Å². The second kappa shape index (κ2) is 8.63. The molecule has 1 atom stereocenters. The molecular weight excluding hydrogens is 392 g/mol. The zero-order chi connectivity index (χ0) is 22.2. The molecule has 2 heterocycles. The van der Waals surface area contributed by atoms with Crippen LogP contribution in [-0.4, -0.2) is 78.5 Å². The number of para-hydroxylation sites is 2. The van der Waals surface area contributed by atoms with Crippen LogP contribution < -0.4 is 10.2 Å². The highest BCUT2D eigenvalue weighted by Gasteiger charge is 2.39. The molecule has 2 N–H and O–H groups in total. The van der Waals surface area contributed by atoms with Gasteiger partial charge in [0.1, 0.15) is 0 Å². The molecule has 0 aromatic heterocycles. The summed E-state index contributed by atoms with van der Waals surface area (Å²) in [5.41, 5.74) is 3.65. The maximum atomic E-state index is 13.2. The molecular formula is C24H34N4O3. The molecule has 1 fully saturated rings. The number of nitrogens with one attached hydrogen (secondary N) is 1. The minimum atomic E-state index is -0.172. The first-order valence-corrected chi connectivity index (χ1v) is 11.3. The zero-order valence-electron chi connectivity index (χ0n) is 18.9. The van der Waals surface area contributed by atoms with Crippen molar-refractivity contribution in [2.75, 3.05) is 56.1 Å². The number of hydrogen-bond acceptors (Lipinski definition) is 6. The van der Waals surface area contributed by atoms with Gasteiger partial charge in [-0.1, -0.05) is 26.0 Å². The fourth-order valence-corrected chi connectivity index (χ4v) is 5.12. The van der Waals surface area contributed by atoms with E-state index in [2.05, 4.69) is 29.0 Å². The molecule has 2 aliphatic heterocycles. The van der Waals surface area contributed by atoms with Crippen LogP contribution in [0.15, 0.2) is 35.5 Å². The molecule has 1 aliphatic carbocycles. The Morgan fingerprint density at radius 3 is 2.58 bits per heavy atom. The highest BCUT2D eigenvalue weighted by Crippen LogP contribution is 2.43. The molecule has 1 aromatic carbocycles. The summed E-state index contributed by atoms with van der Waals surface area (Å²) >= 11 is 0. The predicted molar refractivity (Wildman–Crippen MR) is 122 cm³/mol. The smallest absolute Gasteiger partial charge is 0.242 e. The molecule has 1 saturated heterocycles. The number of carbonyl (C=O) groups is 2. The van der Waals surface area contributed by atoms with Gasteiger partial charge in [-0.05, 0) is 30.9 Å². The number of fused-ring (bicyclic) bond motifs is 1. The number of nitrogens with zero attached hydrogens (tertiary/aromatic N) is 3. The number of amides is 1. The monoisotopic (exact) mass is 426 g/mol. The molecule has 0 bridgehead atoms. The van der Waals surface area contributed by atoms with Gasteiger partial charge in [-0.2, -0.15) is 0 Å². The molecule has 168 valence electrons. The van der Waals surface area contributed by atoms with Crippen LogP contribution in [0.25, 0.3) is 0 Å². The average molecular weight is 427 g/mol. The lowest BCUT2D eigenvalue weighted by Crippen LogP contribution is -2.53. The Hall–Kier alpha value is -2.38. The van der Waals surface area contributed by atoms with Crippen molar-refractivity contribution in [3.8, 4) is 0 Å². The maximum Gasteiger partial charge on any atom is 0.242 e. The lowest BCUT2D eigenvalue weighted by atomic mass is 9.74. The fraction of sp³-hybridized carbons (Fsp3) is 0.583. The summed E-state index contributed by atoms with van der Waals surface area (Å²) in [6.45, 7) is 10.3. The van der Waals surface area contributed by atoms with Crippen molar-refractivity contribution < 1.29 is 14.7 Å². The summed E-state index contributed by atoms with van der Waals surface area (Å²) in [6.07, 6.45) is 1.35. The lowest BCUT2D eigenvalue weighted by molar-refractivity contribution is -0.131. The first-order chi connectivity index (χ1) is 14.8. The van der Waals surface area contributed by atoms with Crippen LogP contribution in [-0.2, 0) is 9.59 Å². The number of allylic oxidation sites excluding steroid dienone is 1. The standard InChI is InChI=1S/C24H34N4O3/c1-17-23-19(14-24(2,3)15-21(23)30)25-18-6-4-5-7-20(18)28(17)16-22(31)27-10-8-26(9-11-27)12-13-29/h4-7,17,25,29H,8-16H2,1-3H3. The van der Waals surface area contributed by atoms with Gasteiger partial charge in [0.25, 0.3) is 0 Å². The van der Waals surface area contributed by atoms with E-state index < -0.39 is 0 Å². The van der Waals surface area contributed by atoms with Gasteiger partial charge in [0.15, 0.2) is 5.78 Å². The number of anilines is 2. The van der Waals surface area contributed by atoms with Gasteiger partial charge in [-0.3, -0.25) is 14.5 Å². The first kappa shape index (κ1) is 21.8. The highest BCUT2D eigenvalue weighted by atomic mass is 16.3. The Morgan fingerprint density at radius 1 is 1.16 bits per heavy atom. The van der Waals surface area contributed by atoms with Crippen molar-refractivity contribution in [2.45, 2.75) is 39.7 Å². The van der Waals surface area contributed by atoms with Gasteiger partial charge in [0.05, 0.1) is 30.6 Å². The van der Waals surface area contributed by atoms with Crippen LogP contribution in [0.1, 0.15) is 33.6 Å². The molecule has 3 aliphatic rings. The Bertz CT molecular complexity index is 887. The number of rotatable bonds is 4. The Kier molecular flexibility index (Phi) is 6.08. The van der Waals surface area contributed by atoms with E-state index in [1.165, 1.54) is 0 Å². The van der Waals surface area contributed by atoms with Gasteiger partial charge < -0.3 is 20.2 Å². The van der Waals surface area contributed by atoms with Crippen molar-refractivity contribution >= 4 is 23.1 Å². The van der Waals surface area contributed by atoms with Crippen LogP contribution >= 0.6 is 0 Å². The van der Waals surface area contributed by atoms with Crippen molar-refractivity contribution in [1.29, 1.82) is 0 Å². The summed E-state index contributed by atoms with van der Waals surface area (Å²) in [4.78, 5) is 32.6. The molecule has 31 heavy (non-hydrogen) atoms. The number of β-amino-alcohol motifs (C(OH)–C–C–N with tert-alkyl or cyclic N) is 1. The van der Waals surface area contributed by atoms with Gasteiger partial charge in [0.2, 0.25) is 5.91 Å². The first-order valence-electron chi connectivity index (χ1n) is 11.3. The van der Waals surface area contributed by atoms with E-state index in [0.29, 0.717) is 26.1 Å². The molecule has 1 aromatic rings. The van der Waals surface area contributed by atoms with E-state index in [9.17, 15) is 9.59 Å². The van der Waals surface area contributed by atoms with E-state index in [0.717, 1.165) is 42.2 Å². The molecule has 7 heteroatoms. The fourth-order valence-electron chi connectivity index (χ4n) is 5.12. The van der Waals surface area contributed by atoms with E-state index in [1.54, 1.807) is 0 Å². The summed E-state index contributed by atoms with van der Waals surface area (Å²) in [6, 6.07) is 7.84. The SMILES string of the molecule is CC1C2=C(CC(C)(C)CC2=O)Nc2ccccc2N1CC(=O)N1CCN(CCO)CC1. The Morgan fingerprint density at radius 2 is 1.87 bits per heavy atom. The predicted octanol–water partition coefficient (Wildman–Crippen LogP) is 2.09. The van der Waals surface area contributed by atoms with Crippen molar-refractivity contribution in [1.82, 2.24) is 9.80 Å². The third-order valence-electron chi connectivity index (χ3n) is 6.75. The van der Waals surface area contributed by atoms with Crippen molar-refractivity contribution in [3.05, 3.63) is 35.5 Å². The molecule has 1 unspecified atom stereocenters. The van der Waals surface area contributed by atoms with E-state index in [1.807, 2.05) is 36.1 Å². The summed E-state index contributed by atoms with van der Waals surface area (Å²) in [5, 5.41) is 12.7. The molecule has 7 nitrogen and oxygen atoms in total. The number of Topliss-reactive ketones (excluding diaryl/α,β-unsaturated/α-hetero) is 1. The summed E-state index contributed by atoms with van der Waals surface area (Å²) in [7, 11) is 0. The number of aliphatic hydroxyl groups is 1. The normalized spacial score (nSPS) is 23.7. The second-order valence-electron chi connectivity index (χ2n) is 9.73. The van der Waals surface area contributed by atoms with E-state index >= 15 is 0 Å². The summed E-state index contributed by atoms with van der Waals surface area (Å²) in [5.74, 6) is 0.257. The number of piperazine rings is 1. The number of aliphatic hydroxyl groups excluding tert-OH is 1. The third kappa shape index (κ3) is 4.48. The van der Waals surface area contributed by atoms with Crippen LogP contribution in [0, 0.1) is 5.41 Å². The van der Waals surface area contributed by atoms with Crippen LogP contribution in [0.3, 0.4) is 0 Å². The van der Waals surface area contributed by atoms with Crippen LogP contribution in [0.4, 0.5) is 11.4 Å². The van der Waals surface area contributed by atoms with Gasteiger partial charge >= 0.3 is 0 Å². The Labute approximate surface area is 184 Å². The second-order valence-corrected chi connectivity index (χ2v) is 9.73. The number of hydrogen-bond donors (Lipinski definition) is 2. The molecule has 0 saturated carbocycles. The van der Waals surface area contributed by atoms with Crippen molar-refractivity contribution in [3.63, 3.8) is 0 Å². The van der Waals surface area contributed by atoms with E-state index in [4.69, 9.17) is 5.11 Å². The molecule has 1 amide bonds. The van der Waals surface area contributed by atoms with Crippen LogP contribution in [0.5, 0.6) is 0 Å². The lowest BCUT2D eigenvalue weighted by Gasteiger charge is -2.38. The van der Waals surface area contributed by atoms with Crippen LogP contribution in [0.2, 0.25) is 0 Å². The Balaban J connectivity index is 1.59. The zero-order valence-corrected chi connectivity index (χ0v) is 18.9. The highest BCUT2D eigenvalue weighted by molar-refractivity contribution is 6.01. The largest absolute Gasteiger partial charge is 0.395 e. The van der Waals surface area contributed by atoms with Gasteiger partial charge in [-0.15, -0.1) is 0 Å².